The number of thiazole rings is 1. The molecular weight excluding hydrogens is 497 g/mol. The molecule has 34 heavy (non-hydrogen) atoms. The predicted molar refractivity (Wildman–Crippen MR) is 132 cm³/mol. The second-order valence-electron chi connectivity index (χ2n) is 7.74. The van der Waals surface area contributed by atoms with Crippen molar-refractivity contribution in [2.24, 2.45) is 4.99 Å². The van der Waals surface area contributed by atoms with Crippen molar-refractivity contribution in [2.75, 3.05) is 26.0 Å². The van der Waals surface area contributed by atoms with Crippen LogP contribution in [-0.2, 0) is 26.1 Å². The summed E-state index contributed by atoms with van der Waals surface area (Å²) in [6.07, 6.45) is 2.95. The zero-order valence-electron chi connectivity index (χ0n) is 18.9. The number of rotatable bonds is 8. The molecule has 2 heterocycles. The van der Waals surface area contributed by atoms with Crippen molar-refractivity contribution >= 4 is 49.2 Å². The molecule has 1 atom stereocenters. The number of halogens is 1. The number of aromatic nitrogens is 1. The Morgan fingerprint density at radius 1 is 1.26 bits per heavy atom. The van der Waals surface area contributed by atoms with Crippen molar-refractivity contribution in [3.63, 3.8) is 0 Å². The van der Waals surface area contributed by atoms with Gasteiger partial charge in [-0.05, 0) is 68.5 Å². The van der Waals surface area contributed by atoms with Crippen LogP contribution in [0.5, 0.6) is 0 Å². The minimum absolute atomic E-state index is 0.0353. The molecule has 1 unspecified atom stereocenters. The smallest absolute Gasteiger partial charge is 0.266 e. The number of nitrogens with zero attached hydrogens (tertiary/aromatic N) is 3. The van der Waals surface area contributed by atoms with Crippen LogP contribution in [0.15, 0.2) is 57.2 Å². The number of amides is 1. The van der Waals surface area contributed by atoms with E-state index in [0.717, 1.165) is 27.2 Å². The maximum absolute atomic E-state index is 13.3. The Labute approximate surface area is 206 Å². The van der Waals surface area contributed by atoms with Crippen LogP contribution in [0.1, 0.15) is 19.8 Å². The Balaban J connectivity index is 1.70. The summed E-state index contributed by atoms with van der Waals surface area (Å²) in [5, 5.41) is 0. The number of ether oxygens (including phenoxy) is 1. The van der Waals surface area contributed by atoms with E-state index < -0.39 is 27.8 Å². The van der Waals surface area contributed by atoms with Gasteiger partial charge in [-0.25, -0.2) is 12.8 Å². The first-order valence-corrected chi connectivity index (χ1v) is 14.4. The Bertz CT molecular complexity index is 1350. The summed E-state index contributed by atoms with van der Waals surface area (Å²) in [6.45, 7) is 3.73. The first kappa shape index (κ1) is 25.1. The van der Waals surface area contributed by atoms with Gasteiger partial charge in [0, 0.05) is 24.6 Å². The lowest BCUT2D eigenvalue weighted by atomic mass is 10.2. The molecule has 0 spiro atoms. The van der Waals surface area contributed by atoms with Crippen LogP contribution in [0.4, 0.5) is 4.39 Å². The van der Waals surface area contributed by atoms with Gasteiger partial charge in [-0.15, -0.1) is 11.8 Å². The van der Waals surface area contributed by atoms with E-state index >= 15 is 0 Å². The van der Waals surface area contributed by atoms with Gasteiger partial charge in [-0.1, -0.05) is 11.3 Å². The molecule has 1 aliphatic heterocycles. The summed E-state index contributed by atoms with van der Waals surface area (Å²) in [5.74, 6) is -1.01. The van der Waals surface area contributed by atoms with Crippen LogP contribution < -0.4 is 4.80 Å². The molecule has 1 saturated heterocycles. The van der Waals surface area contributed by atoms with E-state index in [0.29, 0.717) is 37.4 Å². The fourth-order valence-corrected chi connectivity index (χ4v) is 7.23. The topological polar surface area (TPSA) is 81.0 Å². The van der Waals surface area contributed by atoms with Gasteiger partial charge in [0.2, 0.25) is 10.0 Å². The van der Waals surface area contributed by atoms with Crippen molar-refractivity contribution in [3.8, 4) is 0 Å². The average molecular weight is 524 g/mol. The molecule has 1 amide bonds. The third kappa shape index (κ3) is 5.13. The van der Waals surface area contributed by atoms with Gasteiger partial charge in [-0.2, -0.15) is 9.30 Å². The summed E-state index contributed by atoms with van der Waals surface area (Å²) in [7, 11) is -3.94. The Kier molecular flexibility index (Phi) is 7.88. The second kappa shape index (κ2) is 10.7. The van der Waals surface area contributed by atoms with E-state index in [1.165, 1.54) is 27.8 Å². The van der Waals surface area contributed by atoms with Gasteiger partial charge in [0.15, 0.2) is 4.80 Å². The summed E-state index contributed by atoms with van der Waals surface area (Å²) in [4.78, 5) is 19.3. The van der Waals surface area contributed by atoms with Crippen LogP contribution in [0.3, 0.4) is 0 Å². The molecule has 1 aliphatic rings. The highest BCUT2D eigenvalue weighted by atomic mass is 32.2. The fraction of sp³-hybridized carbons (Fsp3) is 0.391. The summed E-state index contributed by atoms with van der Waals surface area (Å²) in [5.41, 5.74) is 0.955. The van der Waals surface area contributed by atoms with E-state index in [1.54, 1.807) is 11.8 Å². The van der Waals surface area contributed by atoms with Gasteiger partial charge in [-0.3, -0.25) is 4.79 Å². The maximum atomic E-state index is 13.3. The van der Waals surface area contributed by atoms with Crippen LogP contribution in [0.25, 0.3) is 10.2 Å². The predicted octanol–water partition coefficient (Wildman–Crippen LogP) is 3.88. The molecule has 3 aromatic rings. The van der Waals surface area contributed by atoms with Crippen LogP contribution in [-0.4, -0.2) is 55.3 Å². The minimum atomic E-state index is -3.94. The van der Waals surface area contributed by atoms with Gasteiger partial charge in [0.25, 0.3) is 5.91 Å². The third-order valence-corrected chi connectivity index (χ3v) is 9.36. The lowest BCUT2D eigenvalue weighted by molar-refractivity contribution is -0.121. The molecule has 182 valence electrons. The summed E-state index contributed by atoms with van der Waals surface area (Å²) < 4.78 is 49.3. The number of hydrogen-bond acceptors (Lipinski definition) is 6. The highest BCUT2D eigenvalue weighted by molar-refractivity contribution is 7.98. The van der Waals surface area contributed by atoms with Crippen LogP contribution in [0.2, 0.25) is 0 Å². The molecule has 11 heteroatoms. The second-order valence-corrected chi connectivity index (χ2v) is 11.5. The van der Waals surface area contributed by atoms with Gasteiger partial charge >= 0.3 is 0 Å². The number of thioether (sulfide) groups is 1. The largest absolute Gasteiger partial charge is 0.380 e. The normalized spacial score (nSPS) is 17.6. The number of fused-ring (bicyclic) bond motifs is 1. The summed E-state index contributed by atoms with van der Waals surface area (Å²) >= 11 is 3.04. The molecule has 2 aromatic carbocycles. The maximum Gasteiger partial charge on any atom is 0.266 e. The van der Waals surface area contributed by atoms with Crippen molar-refractivity contribution in [2.45, 2.75) is 42.1 Å². The standard InChI is InChI=1S/C23H26FN3O4S3/c1-3-31-14-13-26-19-11-8-17(32-2)15-21(19)33-23(26)25-22(28)20-5-4-12-27(20)34(29,30)18-9-6-16(24)7-10-18/h6-11,15,20H,3-5,12-14H2,1-2H3. The highest BCUT2D eigenvalue weighted by Gasteiger charge is 2.39. The highest BCUT2D eigenvalue weighted by Crippen LogP contribution is 2.28. The third-order valence-electron chi connectivity index (χ3n) is 5.67. The minimum Gasteiger partial charge on any atom is -0.380 e. The lowest BCUT2D eigenvalue weighted by Gasteiger charge is -2.21. The molecule has 7 nitrogen and oxygen atoms in total. The van der Waals surface area contributed by atoms with Crippen LogP contribution >= 0.6 is 23.1 Å². The molecule has 0 saturated carbocycles. The van der Waals surface area contributed by atoms with Crippen molar-refractivity contribution in [3.05, 3.63) is 53.1 Å². The van der Waals surface area contributed by atoms with Gasteiger partial charge in [0.1, 0.15) is 11.9 Å². The quantitative estimate of drug-likeness (QED) is 0.331. The molecule has 0 radical (unpaired) electrons. The Morgan fingerprint density at radius 3 is 2.74 bits per heavy atom. The van der Waals surface area contributed by atoms with Gasteiger partial charge < -0.3 is 9.30 Å². The molecule has 0 bridgehead atoms. The van der Waals surface area contributed by atoms with E-state index in [9.17, 15) is 17.6 Å². The van der Waals surface area contributed by atoms with Crippen molar-refractivity contribution in [1.82, 2.24) is 8.87 Å². The van der Waals surface area contributed by atoms with Crippen LogP contribution in [0, 0.1) is 5.82 Å². The van der Waals surface area contributed by atoms with E-state index in [1.807, 2.05) is 29.9 Å². The fourth-order valence-electron chi connectivity index (χ4n) is 3.97. The number of hydrogen-bond donors (Lipinski definition) is 0. The zero-order valence-corrected chi connectivity index (χ0v) is 21.4. The van der Waals surface area contributed by atoms with Crippen molar-refractivity contribution in [1.29, 1.82) is 0 Å². The molecule has 1 aromatic heterocycles. The first-order valence-electron chi connectivity index (χ1n) is 11.0. The molecular formula is C23H26FN3O4S3. The SMILES string of the molecule is CCOCCn1c(=NC(=O)C2CCCN2S(=O)(=O)c2ccc(F)cc2)sc2cc(SC)ccc21. The molecule has 0 N–H and O–H groups in total. The number of carbonyl (C=O) groups excluding carboxylic acids is 1. The molecule has 4 rings (SSSR count). The van der Waals surface area contributed by atoms with E-state index in [2.05, 4.69) is 11.1 Å². The number of carbonyl (C=O) groups is 1. The number of sulfonamides is 1. The summed E-state index contributed by atoms with van der Waals surface area (Å²) in [6, 6.07) is 9.85. The number of benzene rings is 2. The van der Waals surface area contributed by atoms with Crippen molar-refractivity contribution < 1.29 is 22.3 Å². The Hall–Kier alpha value is -2.05. The molecule has 0 aliphatic carbocycles. The van der Waals surface area contributed by atoms with Gasteiger partial charge in [0.05, 0.1) is 21.7 Å². The zero-order chi connectivity index (χ0) is 24.3. The Morgan fingerprint density at radius 2 is 2.03 bits per heavy atom. The van der Waals surface area contributed by atoms with E-state index in [-0.39, 0.29) is 11.4 Å². The monoisotopic (exact) mass is 523 g/mol. The van der Waals surface area contributed by atoms with E-state index in [4.69, 9.17) is 4.74 Å². The molecule has 1 fully saturated rings. The average Bonchev–Trinajstić information content (AvgIpc) is 3.45. The first-order chi connectivity index (χ1) is 16.3. The lowest BCUT2D eigenvalue weighted by Crippen LogP contribution is -2.40.